The number of ether oxygens (including phenoxy) is 5. The second kappa shape index (κ2) is 52.1. The lowest BCUT2D eigenvalue weighted by Crippen LogP contribution is -2.61. The van der Waals surface area contributed by atoms with Crippen LogP contribution in [0.3, 0.4) is 0 Å². The number of esters is 3. The van der Waals surface area contributed by atoms with Gasteiger partial charge in [0.1, 0.15) is 18.8 Å². The number of allylic oxidation sites excluding steroid dienone is 18. The van der Waals surface area contributed by atoms with E-state index in [1.54, 1.807) is 0 Å². The molecule has 0 saturated carbocycles. The molecule has 12 nitrogen and oxygen atoms in total. The maximum absolute atomic E-state index is 13.1. The Kier molecular flexibility index (Phi) is 47.6. The molecule has 1 heterocycles. The molecule has 1 aliphatic heterocycles. The van der Waals surface area contributed by atoms with Gasteiger partial charge in [0.2, 0.25) is 0 Å². The van der Waals surface area contributed by atoms with E-state index in [4.69, 9.17) is 23.7 Å². The van der Waals surface area contributed by atoms with E-state index >= 15 is 0 Å². The van der Waals surface area contributed by atoms with Gasteiger partial charge in [-0.1, -0.05) is 201 Å². The topological polar surface area (TPSA) is 175 Å². The van der Waals surface area contributed by atoms with Crippen molar-refractivity contribution in [1.29, 1.82) is 0 Å². The fourth-order valence-electron chi connectivity index (χ4n) is 8.24. The predicted molar refractivity (Wildman–Crippen MR) is 312 cm³/mol. The number of hydrogen-bond acceptors (Lipinski definition) is 11. The highest BCUT2D eigenvalue weighted by atomic mass is 16.7. The first-order chi connectivity index (χ1) is 37.6. The summed E-state index contributed by atoms with van der Waals surface area (Å²) >= 11 is 0. The van der Waals surface area contributed by atoms with Crippen LogP contribution in [0.4, 0.5) is 0 Å². The Morgan fingerprint density at radius 1 is 0.442 bits per heavy atom. The van der Waals surface area contributed by atoms with Crippen molar-refractivity contribution in [2.24, 2.45) is 0 Å². The van der Waals surface area contributed by atoms with E-state index < -0.39 is 67.3 Å². The molecular formula is C65H104O12. The highest BCUT2D eigenvalue weighted by molar-refractivity contribution is 5.74. The minimum Gasteiger partial charge on any atom is -0.479 e. The van der Waals surface area contributed by atoms with E-state index in [0.717, 1.165) is 122 Å². The minimum atomic E-state index is -1.92. The van der Waals surface area contributed by atoms with Crippen LogP contribution < -0.4 is 0 Å². The number of carbonyl (C=O) groups excluding carboxylic acids is 3. The van der Waals surface area contributed by atoms with E-state index in [9.17, 15) is 34.5 Å². The van der Waals surface area contributed by atoms with Gasteiger partial charge < -0.3 is 39.0 Å². The van der Waals surface area contributed by atoms with Gasteiger partial charge in [-0.2, -0.15) is 0 Å². The van der Waals surface area contributed by atoms with Gasteiger partial charge in [0.25, 0.3) is 0 Å². The van der Waals surface area contributed by atoms with Crippen LogP contribution in [-0.4, -0.2) is 89.2 Å². The molecule has 0 aromatic rings. The lowest BCUT2D eigenvalue weighted by Gasteiger charge is -2.40. The van der Waals surface area contributed by atoms with Crippen molar-refractivity contribution in [3.63, 3.8) is 0 Å². The number of carbonyl (C=O) groups is 4. The number of aliphatic hydroxyl groups is 2. The molecule has 77 heavy (non-hydrogen) atoms. The molecule has 436 valence electrons. The summed E-state index contributed by atoms with van der Waals surface area (Å²) < 4.78 is 28.3. The summed E-state index contributed by atoms with van der Waals surface area (Å²) in [5, 5.41) is 31.5. The van der Waals surface area contributed by atoms with Gasteiger partial charge in [-0.25, -0.2) is 4.79 Å². The Morgan fingerprint density at radius 2 is 0.844 bits per heavy atom. The molecule has 0 aromatic carbocycles. The summed E-state index contributed by atoms with van der Waals surface area (Å²) in [6, 6.07) is 0. The molecule has 1 rings (SSSR count). The Balaban J connectivity index is 2.75. The van der Waals surface area contributed by atoms with Crippen molar-refractivity contribution in [2.75, 3.05) is 13.2 Å². The van der Waals surface area contributed by atoms with Gasteiger partial charge in [0, 0.05) is 19.3 Å². The van der Waals surface area contributed by atoms with E-state index in [-0.39, 0.29) is 25.9 Å². The molecule has 1 saturated heterocycles. The first kappa shape index (κ1) is 70.4. The van der Waals surface area contributed by atoms with Crippen molar-refractivity contribution in [1.82, 2.24) is 0 Å². The van der Waals surface area contributed by atoms with Crippen LogP contribution in [0, 0.1) is 0 Å². The smallest absolute Gasteiger partial charge is 0.335 e. The maximum atomic E-state index is 13.1. The first-order valence-corrected chi connectivity index (χ1v) is 29.9. The molecule has 1 aliphatic rings. The summed E-state index contributed by atoms with van der Waals surface area (Å²) in [5.74, 6) is -3.27. The molecule has 3 N–H and O–H groups in total. The largest absolute Gasteiger partial charge is 0.479 e. The fraction of sp³-hybridized carbons (Fsp3) is 0.662. The third-order valence-electron chi connectivity index (χ3n) is 12.8. The lowest BCUT2D eigenvalue weighted by atomic mass is 9.98. The Bertz CT molecular complexity index is 1750. The second-order valence-electron chi connectivity index (χ2n) is 19.9. The number of aliphatic hydroxyl groups excluding tert-OH is 2. The fourth-order valence-corrected chi connectivity index (χ4v) is 8.24. The lowest BCUT2D eigenvalue weighted by molar-refractivity contribution is -0.301. The van der Waals surface area contributed by atoms with Crippen LogP contribution in [0.15, 0.2) is 109 Å². The van der Waals surface area contributed by atoms with Gasteiger partial charge in [-0.05, 0) is 116 Å². The van der Waals surface area contributed by atoms with Crippen molar-refractivity contribution in [3.8, 4) is 0 Å². The quantitative estimate of drug-likeness (QED) is 0.0228. The van der Waals surface area contributed by atoms with Crippen LogP contribution in [0.5, 0.6) is 0 Å². The van der Waals surface area contributed by atoms with E-state index in [1.165, 1.54) is 44.9 Å². The van der Waals surface area contributed by atoms with Crippen LogP contribution in [-0.2, 0) is 42.9 Å². The number of carboxylic acids is 1. The van der Waals surface area contributed by atoms with Crippen molar-refractivity contribution < 1.29 is 58.2 Å². The molecule has 0 amide bonds. The second-order valence-corrected chi connectivity index (χ2v) is 19.9. The zero-order chi connectivity index (χ0) is 56.1. The Hall–Kier alpha value is -4.62. The van der Waals surface area contributed by atoms with Gasteiger partial charge in [0.15, 0.2) is 24.6 Å². The normalized spacial score (nSPS) is 18.8. The van der Waals surface area contributed by atoms with Crippen molar-refractivity contribution in [2.45, 2.75) is 263 Å². The van der Waals surface area contributed by atoms with Gasteiger partial charge >= 0.3 is 23.9 Å². The summed E-state index contributed by atoms with van der Waals surface area (Å²) in [5.41, 5.74) is 0. The van der Waals surface area contributed by atoms with Crippen LogP contribution in [0.25, 0.3) is 0 Å². The third kappa shape index (κ3) is 42.1. The van der Waals surface area contributed by atoms with Crippen molar-refractivity contribution >= 4 is 23.9 Å². The molecule has 1 fully saturated rings. The van der Waals surface area contributed by atoms with E-state index in [2.05, 4.69) is 118 Å². The molecule has 12 heteroatoms. The molecule has 0 radical (unpaired) electrons. The van der Waals surface area contributed by atoms with Crippen LogP contribution in [0.2, 0.25) is 0 Å². The predicted octanol–water partition coefficient (Wildman–Crippen LogP) is 15.4. The molecule has 0 bridgehead atoms. The molecule has 0 spiro atoms. The van der Waals surface area contributed by atoms with E-state index in [0.29, 0.717) is 19.3 Å². The van der Waals surface area contributed by atoms with Crippen LogP contribution in [0.1, 0.15) is 226 Å². The highest BCUT2D eigenvalue weighted by Crippen LogP contribution is 2.26. The summed E-state index contributed by atoms with van der Waals surface area (Å²) in [7, 11) is 0. The SMILES string of the molecule is CC/C=C\C/C=C\C/C=C\C/C=C\C/C=C\C/C=C\CCC(=O)OCC(COC1OC(C(=O)O)C(O)C(O)C1OC(=O)CCCCCCC/C=C\C/C=C\CCCCC)OC(=O)CCCCCCC/C=C\CCCCCC. The minimum absolute atomic E-state index is 0.0316. The number of hydrogen-bond donors (Lipinski definition) is 3. The standard InChI is InChI=1S/C65H104O12/c1-4-7-10-13-16-19-22-25-27-28-29-30-32-34-36-39-42-45-48-51-57(66)73-54-56(75-58(67)52-49-46-43-40-37-33-24-21-18-15-12-9-6-3)55-74-65-63(61(70)60(69)62(77-65)64(71)72)76-59(68)53-50-47-44-41-38-35-31-26-23-20-17-14-11-8-5-2/h7,10,16-17,19-21,24-27,29-31,34,36,42,45,56,60-63,65,69-70H,4-6,8-9,11-15,18,22-23,28,32-33,35,37-41,43-44,46-55H2,1-3H3,(H,71,72)/b10-7-,19-16-,20-17-,24-21-,27-25-,30-29-,31-26-,36-34-,45-42-. The molecule has 6 unspecified atom stereocenters. The van der Waals surface area contributed by atoms with Gasteiger partial charge in [0.05, 0.1) is 6.61 Å². The average molecular weight is 1080 g/mol. The van der Waals surface area contributed by atoms with E-state index in [1.807, 2.05) is 12.2 Å². The van der Waals surface area contributed by atoms with Gasteiger partial charge in [-0.15, -0.1) is 0 Å². The third-order valence-corrected chi connectivity index (χ3v) is 12.8. The Labute approximate surface area is 465 Å². The zero-order valence-corrected chi connectivity index (χ0v) is 47.9. The molecule has 6 atom stereocenters. The van der Waals surface area contributed by atoms with Crippen molar-refractivity contribution in [3.05, 3.63) is 109 Å². The maximum Gasteiger partial charge on any atom is 0.335 e. The number of rotatable bonds is 49. The zero-order valence-electron chi connectivity index (χ0n) is 47.9. The molecular weight excluding hydrogens is 973 g/mol. The monoisotopic (exact) mass is 1080 g/mol. The molecule has 0 aliphatic carbocycles. The average Bonchev–Trinajstić information content (AvgIpc) is 3.42. The van der Waals surface area contributed by atoms with Gasteiger partial charge in [-0.3, -0.25) is 14.4 Å². The highest BCUT2D eigenvalue weighted by Gasteiger charge is 2.50. The summed E-state index contributed by atoms with van der Waals surface area (Å²) in [6.07, 6.45) is 57.8. The molecule has 0 aromatic heterocycles. The Morgan fingerprint density at radius 3 is 1.34 bits per heavy atom. The summed E-state index contributed by atoms with van der Waals surface area (Å²) in [6.45, 7) is 5.75. The first-order valence-electron chi connectivity index (χ1n) is 29.9. The number of carboxylic acid groups (broad SMARTS) is 1. The summed E-state index contributed by atoms with van der Waals surface area (Å²) in [4.78, 5) is 51.1. The van der Waals surface area contributed by atoms with Crippen LogP contribution >= 0.6 is 0 Å². The number of unbranched alkanes of at least 4 members (excludes halogenated alkanes) is 17. The number of aliphatic carboxylic acids is 1.